The van der Waals surface area contributed by atoms with E-state index in [2.05, 4.69) is 10.3 Å². The van der Waals surface area contributed by atoms with Crippen molar-refractivity contribution in [2.45, 2.75) is 20.4 Å². The Morgan fingerprint density at radius 2 is 2.38 bits per heavy atom. The molecule has 13 heavy (non-hydrogen) atoms. The number of pyridine rings is 1. The lowest BCUT2D eigenvalue weighted by atomic mass is 10.1. The topological polar surface area (TPSA) is 42.0 Å². The van der Waals surface area contributed by atoms with E-state index in [9.17, 15) is 4.79 Å². The van der Waals surface area contributed by atoms with Gasteiger partial charge in [0.05, 0.1) is 5.69 Å². The number of hydrogen-bond acceptors (Lipinski definition) is 3. The first-order valence-corrected chi connectivity index (χ1v) is 4.40. The molecular weight excluding hydrogens is 164 g/mol. The largest absolute Gasteiger partial charge is 0.311 e. The van der Waals surface area contributed by atoms with Crippen molar-refractivity contribution in [2.24, 2.45) is 0 Å². The lowest BCUT2D eigenvalue weighted by molar-refractivity contribution is 0.101. The van der Waals surface area contributed by atoms with Crippen LogP contribution in [-0.2, 0) is 6.54 Å². The van der Waals surface area contributed by atoms with Crippen LogP contribution >= 0.6 is 0 Å². The molecule has 1 rings (SSSR count). The lowest BCUT2D eigenvalue weighted by Crippen LogP contribution is -2.13. The number of carbonyl (C=O) groups is 1. The number of aromatic nitrogens is 1. The maximum absolute atomic E-state index is 11.0. The van der Waals surface area contributed by atoms with E-state index in [0.29, 0.717) is 0 Å². The van der Waals surface area contributed by atoms with Crippen LogP contribution in [0.4, 0.5) is 0 Å². The zero-order chi connectivity index (χ0) is 9.68. The Bertz CT molecular complexity index is 297. The molecule has 0 bridgehead atoms. The van der Waals surface area contributed by atoms with Crippen LogP contribution in [0.2, 0.25) is 0 Å². The number of nitrogens with zero attached hydrogens (tertiary/aromatic N) is 1. The molecule has 70 valence electrons. The maximum atomic E-state index is 11.0. The minimum absolute atomic E-state index is 0.0835. The highest BCUT2D eigenvalue weighted by molar-refractivity contribution is 5.93. The molecule has 3 heteroatoms. The molecule has 0 aromatic carbocycles. The van der Waals surface area contributed by atoms with Crippen LogP contribution in [-0.4, -0.2) is 17.3 Å². The van der Waals surface area contributed by atoms with Gasteiger partial charge in [-0.3, -0.25) is 9.78 Å². The fourth-order valence-corrected chi connectivity index (χ4v) is 1.05. The van der Waals surface area contributed by atoms with Crippen molar-refractivity contribution < 1.29 is 4.79 Å². The number of hydrogen-bond donors (Lipinski definition) is 1. The van der Waals surface area contributed by atoms with E-state index in [0.717, 1.165) is 24.3 Å². The third kappa shape index (κ3) is 2.95. The number of carbonyl (C=O) groups excluding carboxylic acids is 1. The van der Waals surface area contributed by atoms with Gasteiger partial charge in [0.15, 0.2) is 5.78 Å². The van der Waals surface area contributed by atoms with Crippen molar-refractivity contribution in [1.29, 1.82) is 0 Å². The highest BCUT2D eigenvalue weighted by atomic mass is 16.1. The van der Waals surface area contributed by atoms with E-state index in [1.54, 1.807) is 19.2 Å². The lowest BCUT2D eigenvalue weighted by Gasteiger charge is -2.02. The second-order valence-electron chi connectivity index (χ2n) is 2.87. The molecule has 0 aliphatic carbocycles. The summed E-state index contributed by atoms with van der Waals surface area (Å²) in [5.74, 6) is 0.0835. The Morgan fingerprint density at radius 3 is 3.00 bits per heavy atom. The van der Waals surface area contributed by atoms with Crippen LogP contribution in [0, 0.1) is 0 Å². The summed E-state index contributed by atoms with van der Waals surface area (Å²) >= 11 is 0. The van der Waals surface area contributed by atoms with Crippen molar-refractivity contribution in [3.8, 4) is 0 Å². The SMILES string of the molecule is CCNCc1cc(C(C)=O)ccn1. The summed E-state index contributed by atoms with van der Waals surface area (Å²) < 4.78 is 0. The second-order valence-corrected chi connectivity index (χ2v) is 2.87. The number of nitrogens with one attached hydrogen (secondary N) is 1. The van der Waals surface area contributed by atoms with E-state index in [4.69, 9.17) is 0 Å². The van der Waals surface area contributed by atoms with Gasteiger partial charge in [-0.1, -0.05) is 6.92 Å². The molecular formula is C10H14N2O. The first kappa shape index (κ1) is 9.86. The van der Waals surface area contributed by atoms with E-state index in [-0.39, 0.29) is 5.78 Å². The van der Waals surface area contributed by atoms with Crippen LogP contribution < -0.4 is 5.32 Å². The van der Waals surface area contributed by atoms with Gasteiger partial charge in [0.25, 0.3) is 0 Å². The Labute approximate surface area is 78.2 Å². The second kappa shape index (κ2) is 4.72. The van der Waals surface area contributed by atoms with Gasteiger partial charge in [-0.15, -0.1) is 0 Å². The highest BCUT2D eigenvalue weighted by Gasteiger charge is 2.00. The minimum Gasteiger partial charge on any atom is -0.311 e. The fourth-order valence-electron chi connectivity index (χ4n) is 1.05. The molecule has 3 nitrogen and oxygen atoms in total. The predicted molar refractivity (Wildman–Crippen MR) is 51.6 cm³/mol. The summed E-state index contributed by atoms with van der Waals surface area (Å²) in [6.45, 7) is 5.23. The number of rotatable bonds is 4. The molecule has 0 spiro atoms. The first-order valence-electron chi connectivity index (χ1n) is 4.40. The number of Topliss-reactive ketones (excluding diaryl/α,β-unsaturated/α-hetero) is 1. The van der Waals surface area contributed by atoms with Crippen molar-refractivity contribution in [2.75, 3.05) is 6.54 Å². The molecule has 1 aromatic rings. The summed E-state index contributed by atoms with van der Waals surface area (Å²) in [5.41, 5.74) is 1.64. The average molecular weight is 178 g/mol. The van der Waals surface area contributed by atoms with E-state index < -0.39 is 0 Å². The monoisotopic (exact) mass is 178 g/mol. The Hall–Kier alpha value is -1.22. The summed E-state index contributed by atoms with van der Waals surface area (Å²) in [5, 5.41) is 3.16. The molecule has 0 aliphatic heterocycles. The molecule has 0 aliphatic rings. The summed E-state index contributed by atoms with van der Waals surface area (Å²) in [4.78, 5) is 15.2. The van der Waals surface area contributed by atoms with E-state index in [1.165, 1.54) is 0 Å². The summed E-state index contributed by atoms with van der Waals surface area (Å²) in [7, 11) is 0. The highest BCUT2D eigenvalue weighted by Crippen LogP contribution is 2.02. The van der Waals surface area contributed by atoms with Crippen molar-refractivity contribution in [3.05, 3.63) is 29.6 Å². The van der Waals surface area contributed by atoms with E-state index in [1.807, 2.05) is 13.0 Å². The third-order valence-electron chi connectivity index (χ3n) is 1.78. The first-order chi connectivity index (χ1) is 6.24. The standard InChI is InChI=1S/C10H14N2O/c1-3-11-7-10-6-9(8(2)13)4-5-12-10/h4-6,11H,3,7H2,1-2H3. The summed E-state index contributed by atoms with van der Waals surface area (Å²) in [6, 6.07) is 3.56. The Morgan fingerprint density at radius 1 is 1.62 bits per heavy atom. The van der Waals surface area contributed by atoms with Crippen LogP contribution in [0.15, 0.2) is 18.3 Å². The van der Waals surface area contributed by atoms with Crippen LogP contribution in [0.1, 0.15) is 29.9 Å². The zero-order valence-electron chi connectivity index (χ0n) is 8.00. The van der Waals surface area contributed by atoms with Crippen LogP contribution in [0.3, 0.4) is 0 Å². The van der Waals surface area contributed by atoms with Gasteiger partial charge >= 0.3 is 0 Å². The average Bonchev–Trinajstić information content (AvgIpc) is 2.15. The van der Waals surface area contributed by atoms with Crippen molar-refractivity contribution in [3.63, 3.8) is 0 Å². The molecule has 0 fully saturated rings. The quantitative estimate of drug-likeness (QED) is 0.708. The van der Waals surface area contributed by atoms with Gasteiger partial charge in [-0.2, -0.15) is 0 Å². The van der Waals surface area contributed by atoms with Gasteiger partial charge in [-0.25, -0.2) is 0 Å². The Kier molecular flexibility index (Phi) is 3.58. The molecule has 0 radical (unpaired) electrons. The van der Waals surface area contributed by atoms with Gasteiger partial charge in [-0.05, 0) is 25.6 Å². The van der Waals surface area contributed by atoms with Gasteiger partial charge < -0.3 is 5.32 Å². The fraction of sp³-hybridized carbons (Fsp3) is 0.400. The molecule has 0 unspecified atom stereocenters. The molecule has 0 saturated carbocycles. The molecule has 1 heterocycles. The molecule has 1 aromatic heterocycles. The van der Waals surface area contributed by atoms with Crippen LogP contribution in [0.25, 0.3) is 0 Å². The molecule has 1 N–H and O–H groups in total. The molecule has 0 atom stereocenters. The van der Waals surface area contributed by atoms with Crippen molar-refractivity contribution in [1.82, 2.24) is 10.3 Å². The van der Waals surface area contributed by atoms with Crippen LogP contribution in [0.5, 0.6) is 0 Å². The van der Waals surface area contributed by atoms with E-state index >= 15 is 0 Å². The molecule has 0 amide bonds. The minimum atomic E-state index is 0.0835. The van der Waals surface area contributed by atoms with Gasteiger partial charge in [0.2, 0.25) is 0 Å². The third-order valence-corrected chi connectivity index (χ3v) is 1.78. The Balaban J connectivity index is 2.73. The summed E-state index contributed by atoms with van der Waals surface area (Å²) in [6.07, 6.45) is 1.67. The molecule has 0 saturated heterocycles. The zero-order valence-corrected chi connectivity index (χ0v) is 8.00. The van der Waals surface area contributed by atoms with Crippen molar-refractivity contribution >= 4 is 5.78 Å². The number of ketones is 1. The van der Waals surface area contributed by atoms with Gasteiger partial charge in [0, 0.05) is 18.3 Å². The maximum Gasteiger partial charge on any atom is 0.159 e. The van der Waals surface area contributed by atoms with Gasteiger partial charge in [0.1, 0.15) is 0 Å². The normalized spacial score (nSPS) is 10.0. The predicted octanol–water partition coefficient (Wildman–Crippen LogP) is 1.39. The smallest absolute Gasteiger partial charge is 0.159 e.